The quantitative estimate of drug-likeness (QED) is 0.342. The number of benzene rings is 1. The van der Waals surface area contributed by atoms with Crippen LogP contribution in [-0.4, -0.2) is 12.5 Å². The lowest BCUT2D eigenvalue weighted by Crippen LogP contribution is -2.33. The summed E-state index contributed by atoms with van der Waals surface area (Å²) >= 11 is 0. The molecule has 1 rings (SSSR count). The van der Waals surface area contributed by atoms with E-state index in [2.05, 4.69) is 12.3 Å². The molecule has 0 saturated heterocycles. The van der Waals surface area contributed by atoms with Crippen molar-refractivity contribution in [2.75, 3.05) is 6.61 Å². The molecule has 0 aliphatic heterocycles. The smallest absolute Gasteiger partial charge is 0.241 e. The second-order valence-corrected chi connectivity index (χ2v) is 4.02. The number of hydrogen-bond acceptors (Lipinski definition) is 3. The Morgan fingerprint density at radius 3 is 2.59 bits per heavy atom. The van der Waals surface area contributed by atoms with Gasteiger partial charge in [0.1, 0.15) is 0 Å². The third-order valence-electron chi connectivity index (χ3n) is 2.63. The Balaban J connectivity index is 2.58. The number of carbonyl (C=O) groups excluding carboxylic acids is 1. The maximum Gasteiger partial charge on any atom is 0.241 e. The summed E-state index contributed by atoms with van der Waals surface area (Å²) in [6.07, 6.45) is 1.02. The Morgan fingerprint density at radius 2 is 2.06 bits per heavy atom. The van der Waals surface area contributed by atoms with Gasteiger partial charge < -0.3 is 4.74 Å². The Bertz CT molecular complexity index is 349. The Hall–Kier alpha value is -1.39. The number of carbonyl (C=O) groups is 1. The van der Waals surface area contributed by atoms with Crippen LogP contribution in [0.2, 0.25) is 0 Å². The van der Waals surface area contributed by atoms with Gasteiger partial charge in [0.2, 0.25) is 5.91 Å². The molecule has 0 heterocycles. The molecule has 1 atom stereocenters. The van der Waals surface area contributed by atoms with Crippen molar-refractivity contribution in [1.29, 1.82) is 0 Å². The third kappa shape index (κ3) is 4.17. The molecule has 94 valence electrons. The molecule has 0 saturated carbocycles. The van der Waals surface area contributed by atoms with E-state index in [1.807, 2.05) is 31.2 Å². The first-order valence-electron chi connectivity index (χ1n) is 5.86. The van der Waals surface area contributed by atoms with Crippen LogP contribution in [0.5, 0.6) is 0 Å². The van der Waals surface area contributed by atoms with E-state index < -0.39 is 0 Å². The average molecular weight is 236 g/mol. The lowest BCUT2D eigenvalue weighted by molar-refractivity contribution is -0.122. The van der Waals surface area contributed by atoms with Gasteiger partial charge in [0.25, 0.3) is 0 Å². The molecule has 1 aromatic rings. The van der Waals surface area contributed by atoms with E-state index in [1.165, 1.54) is 0 Å². The summed E-state index contributed by atoms with van der Waals surface area (Å²) in [5.74, 6) is 4.69. The van der Waals surface area contributed by atoms with Crippen LogP contribution in [0.3, 0.4) is 0 Å². The lowest BCUT2D eigenvalue weighted by Gasteiger charge is -2.10. The van der Waals surface area contributed by atoms with Crippen LogP contribution in [0.4, 0.5) is 0 Å². The SMILES string of the molecule is CCCOCc1ccc(C(C)C(=O)NN)cc1. The zero-order valence-electron chi connectivity index (χ0n) is 10.4. The fraction of sp³-hybridized carbons (Fsp3) is 0.462. The predicted octanol–water partition coefficient (Wildman–Crippen LogP) is 1.71. The minimum atomic E-state index is -0.231. The topological polar surface area (TPSA) is 64.3 Å². The van der Waals surface area contributed by atoms with Crippen molar-refractivity contribution in [3.63, 3.8) is 0 Å². The molecule has 0 radical (unpaired) electrons. The molecule has 1 aromatic carbocycles. The first-order chi connectivity index (χ1) is 8.19. The van der Waals surface area contributed by atoms with E-state index in [4.69, 9.17) is 10.6 Å². The molecule has 4 nitrogen and oxygen atoms in total. The van der Waals surface area contributed by atoms with Crippen LogP contribution in [0.1, 0.15) is 37.3 Å². The van der Waals surface area contributed by atoms with Crippen LogP contribution >= 0.6 is 0 Å². The summed E-state index contributed by atoms with van der Waals surface area (Å²) in [6.45, 7) is 5.29. The molecule has 0 fully saturated rings. The van der Waals surface area contributed by atoms with Crippen molar-refractivity contribution in [3.05, 3.63) is 35.4 Å². The van der Waals surface area contributed by atoms with Gasteiger partial charge in [-0.25, -0.2) is 5.84 Å². The molecule has 0 aliphatic carbocycles. The van der Waals surface area contributed by atoms with Crippen molar-refractivity contribution in [1.82, 2.24) is 5.43 Å². The first-order valence-corrected chi connectivity index (χ1v) is 5.86. The van der Waals surface area contributed by atoms with E-state index >= 15 is 0 Å². The maximum absolute atomic E-state index is 11.3. The molecule has 4 heteroatoms. The zero-order chi connectivity index (χ0) is 12.7. The molecule has 0 bridgehead atoms. The van der Waals surface area contributed by atoms with Crippen LogP contribution < -0.4 is 11.3 Å². The van der Waals surface area contributed by atoms with Crippen LogP contribution in [0.15, 0.2) is 24.3 Å². The summed E-state index contributed by atoms with van der Waals surface area (Å²) in [6, 6.07) is 7.83. The predicted molar refractivity (Wildman–Crippen MR) is 67.1 cm³/mol. The standard InChI is InChI=1S/C13H20N2O2/c1-3-8-17-9-11-4-6-12(7-5-11)10(2)13(16)15-14/h4-7,10H,3,8-9,14H2,1-2H3,(H,15,16). The highest BCUT2D eigenvalue weighted by Crippen LogP contribution is 2.16. The van der Waals surface area contributed by atoms with Gasteiger partial charge in [-0.3, -0.25) is 10.2 Å². The van der Waals surface area contributed by atoms with Gasteiger partial charge in [-0.15, -0.1) is 0 Å². The van der Waals surface area contributed by atoms with E-state index in [9.17, 15) is 4.79 Å². The molecule has 17 heavy (non-hydrogen) atoms. The first kappa shape index (κ1) is 13.7. The van der Waals surface area contributed by atoms with Gasteiger partial charge in [0.15, 0.2) is 0 Å². The van der Waals surface area contributed by atoms with Crippen molar-refractivity contribution in [2.24, 2.45) is 5.84 Å². The monoisotopic (exact) mass is 236 g/mol. The van der Waals surface area contributed by atoms with Crippen molar-refractivity contribution in [3.8, 4) is 0 Å². The molecular formula is C13H20N2O2. The van der Waals surface area contributed by atoms with E-state index in [1.54, 1.807) is 0 Å². The Morgan fingerprint density at radius 1 is 1.41 bits per heavy atom. The zero-order valence-corrected chi connectivity index (χ0v) is 10.4. The number of rotatable bonds is 6. The van der Waals surface area contributed by atoms with Gasteiger partial charge in [-0.2, -0.15) is 0 Å². The number of ether oxygens (including phenoxy) is 1. The van der Waals surface area contributed by atoms with E-state index in [0.29, 0.717) is 6.61 Å². The summed E-state index contributed by atoms with van der Waals surface area (Å²) in [5, 5.41) is 0. The van der Waals surface area contributed by atoms with Crippen molar-refractivity contribution in [2.45, 2.75) is 32.8 Å². The van der Waals surface area contributed by atoms with Crippen LogP contribution in [-0.2, 0) is 16.1 Å². The van der Waals surface area contributed by atoms with E-state index in [0.717, 1.165) is 24.2 Å². The van der Waals surface area contributed by atoms with Crippen molar-refractivity contribution >= 4 is 5.91 Å². The highest BCUT2D eigenvalue weighted by molar-refractivity contribution is 5.82. The normalized spacial score (nSPS) is 12.2. The summed E-state index contributed by atoms with van der Waals surface area (Å²) in [7, 11) is 0. The highest BCUT2D eigenvalue weighted by Gasteiger charge is 2.13. The van der Waals surface area contributed by atoms with Crippen LogP contribution in [0.25, 0.3) is 0 Å². The lowest BCUT2D eigenvalue weighted by atomic mass is 9.99. The number of nitrogens with two attached hydrogens (primary N) is 1. The fourth-order valence-electron chi connectivity index (χ4n) is 1.51. The second-order valence-electron chi connectivity index (χ2n) is 4.02. The number of nitrogens with one attached hydrogen (secondary N) is 1. The molecule has 3 N–H and O–H groups in total. The second kappa shape index (κ2) is 7.04. The van der Waals surface area contributed by atoms with Gasteiger partial charge in [-0.05, 0) is 24.5 Å². The highest BCUT2D eigenvalue weighted by atomic mass is 16.5. The molecule has 0 spiro atoms. The van der Waals surface area contributed by atoms with Gasteiger partial charge in [0, 0.05) is 6.61 Å². The Labute approximate surface area is 102 Å². The van der Waals surface area contributed by atoms with E-state index in [-0.39, 0.29) is 11.8 Å². The van der Waals surface area contributed by atoms with Gasteiger partial charge >= 0.3 is 0 Å². The van der Waals surface area contributed by atoms with Gasteiger partial charge in [0.05, 0.1) is 12.5 Å². The maximum atomic E-state index is 11.3. The van der Waals surface area contributed by atoms with Crippen LogP contribution in [0, 0.1) is 0 Å². The third-order valence-corrected chi connectivity index (χ3v) is 2.63. The van der Waals surface area contributed by atoms with Crippen molar-refractivity contribution < 1.29 is 9.53 Å². The Kier molecular flexibility index (Phi) is 5.66. The summed E-state index contributed by atoms with van der Waals surface area (Å²) < 4.78 is 5.44. The molecule has 1 amide bonds. The largest absolute Gasteiger partial charge is 0.377 e. The number of hydrogen-bond donors (Lipinski definition) is 2. The summed E-state index contributed by atoms with van der Waals surface area (Å²) in [5.41, 5.74) is 4.22. The fourth-order valence-corrected chi connectivity index (χ4v) is 1.51. The summed E-state index contributed by atoms with van der Waals surface area (Å²) in [4.78, 5) is 11.3. The molecule has 0 aliphatic rings. The number of hydrazine groups is 1. The molecule has 0 aromatic heterocycles. The minimum Gasteiger partial charge on any atom is -0.377 e. The molecular weight excluding hydrogens is 216 g/mol. The number of amides is 1. The minimum absolute atomic E-state index is 0.181. The van der Waals surface area contributed by atoms with Gasteiger partial charge in [-0.1, -0.05) is 31.2 Å². The average Bonchev–Trinajstić information content (AvgIpc) is 2.38. The molecule has 1 unspecified atom stereocenters.